The highest BCUT2D eigenvalue weighted by Gasteiger charge is 2.54. The van der Waals surface area contributed by atoms with E-state index < -0.39 is 88.5 Å². The monoisotopic (exact) mass is 945 g/mol. The molecule has 0 saturated heterocycles. The second-order valence-electron chi connectivity index (χ2n) is 17.4. The van der Waals surface area contributed by atoms with Gasteiger partial charge >= 0.3 is 30.3 Å². The summed E-state index contributed by atoms with van der Waals surface area (Å²) in [6.07, 6.45) is -6.83. The lowest BCUT2D eigenvalue weighted by atomic mass is 9.64. The Morgan fingerprint density at radius 1 is 0.809 bits per heavy atom. The molecule has 3 aromatic rings. The summed E-state index contributed by atoms with van der Waals surface area (Å²) < 4.78 is 99.9. The average molecular weight is 946 g/mol. The fourth-order valence-corrected chi connectivity index (χ4v) is 10.1. The number of allylic oxidation sites excluding steroid dienone is 5. The maximum absolute atomic E-state index is 15.1. The maximum Gasteiger partial charge on any atom is 0.416 e. The van der Waals surface area contributed by atoms with Crippen molar-refractivity contribution in [2.75, 3.05) is 21.3 Å². The summed E-state index contributed by atoms with van der Waals surface area (Å²) in [5.74, 6) is -6.53. The van der Waals surface area contributed by atoms with E-state index in [9.17, 15) is 45.5 Å². The van der Waals surface area contributed by atoms with E-state index in [2.05, 4.69) is 9.97 Å². The van der Waals surface area contributed by atoms with Gasteiger partial charge in [-0.15, -0.1) is 0 Å². The number of nitrogens with zero attached hydrogens (tertiary/aromatic N) is 3. The van der Waals surface area contributed by atoms with Crippen molar-refractivity contribution in [3.05, 3.63) is 122 Å². The zero-order chi connectivity index (χ0) is 49.5. The first-order valence-corrected chi connectivity index (χ1v) is 21.6. The number of ether oxygens (including phenoxy) is 3. The van der Waals surface area contributed by atoms with Crippen molar-refractivity contribution in [1.29, 1.82) is 0 Å². The van der Waals surface area contributed by atoms with E-state index in [0.717, 1.165) is 11.1 Å². The smallest absolute Gasteiger partial charge is 0.416 e. The highest BCUT2D eigenvalue weighted by Crippen LogP contribution is 2.53. The van der Waals surface area contributed by atoms with Gasteiger partial charge in [0.05, 0.1) is 89.4 Å². The van der Waals surface area contributed by atoms with Gasteiger partial charge in [-0.2, -0.15) is 26.3 Å². The average Bonchev–Trinajstić information content (AvgIpc) is 3.96. The van der Waals surface area contributed by atoms with Gasteiger partial charge in [0.25, 0.3) is 11.8 Å². The first-order valence-electron chi connectivity index (χ1n) is 21.6. The topological polar surface area (TPSA) is 174 Å². The highest BCUT2D eigenvalue weighted by atomic mass is 19.4. The molecule has 19 heteroatoms. The molecule has 0 radical (unpaired) electrons. The van der Waals surface area contributed by atoms with Crippen LogP contribution in [0.3, 0.4) is 0 Å². The van der Waals surface area contributed by atoms with Crippen molar-refractivity contribution in [3.63, 3.8) is 0 Å². The quantitative estimate of drug-likeness (QED) is 0.0958. The molecule has 2 N–H and O–H groups in total. The predicted molar refractivity (Wildman–Crippen MR) is 234 cm³/mol. The fraction of sp³-hybridized carbons (Fsp3) is 0.367. The SMILES string of the molecule is CCC1=C(C)c2cc3[nH]c(c4c5[nH]c(cc6nc(cc1n2)C1(C)C6=CC=C(C(=O)OC)C1C(=O)OC)c(C)c5C(=O)N(Cc1cc(C(F)(F)F)cc(C(F)(F)F)c1)C4=O)[C@@H](CCC(=O)OC)[C@@H]3C. The van der Waals surface area contributed by atoms with Crippen LogP contribution in [0.4, 0.5) is 26.3 Å². The van der Waals surface area contributed by atoms with Crippen LogP contribution in [0.5, 0.6) is 0 Å². The Bertz CT molecular complexity index is 3020. The molecule has 13 nitrogen and oxygen atoms in total. The molecule has 68 heavy (non-hydrogen) atoms. The molecule has 356 valence electrons. The lowest BCUT2D eigenvalue weighted by Gasteiger charge is -2.36. The van der Waals surface area contributed by atoms with Gasteiger partial charge in [0, 0.05) is 35.2 Å². The number of nitrogens with one attached hydrogen (secondary N) is 2. The van der Waals surface area contributed by atoms with Crippen LogP contribution in [0.2, 0.25) is 0 Å². The van der Waals surface area contributed by atoms with Crippen molar-refractivity contribution >= 4 is 57.5 Å². The number of H-pyrrole nitrogens is 2. The summed E-state index contributed by atoms with van der Waals surface area (Å²) in [5.41, 5.74) is -0.562. The standard InChI is InChI=1S/C49H45F6N5O8/c1-9-27-21(2)31-17-32-22(3)28(11-13-37(61)66-6)41(58-32)39-42-38(43(62)60(44(39)63)20-24-14-25(48(50,51)52)16-26(15-24)49(53,54)55)23(4)33(59-42)18-35-30-12-10-29(45(64)67-7)40(46(65)68-8)47(30,5)36(57-35)19-34(27)56-31/h10,12,14-19,22,28,40,58-59H,9,11,13,20H2,1-8H3/t22-,28-,40?,47?/m0/s1. The third kappa shape index (κ3) is 7.64. The van der Waals surface area contributed by atoms with Crippen LogP contribution in [0.15, 0.2) is 54.1 Å². The summed E-state index contributed by atoms with van der Waals surface area (Å²) in [6, 6.07) is 6.02. The number of aromatic nitrogens is 4. The number of rotatable bonds is 8. The van der Waals surface area contributed by atoms with E-state index in [1.54, 1.807) is 38.1 Å². The Morgan fingerprint density at radius 3 is 2.07 bits per heavy atom. The van der Waals surface area contributed by atoms with Crippen molar-refractivity contribution in [2.24, 2.45) is 5.92 Å². The van der Waals surface area contributed by atoms with Gasteiger partial charge in [-0.3, -0.25) is 29.1 Å². The number of alkyl halides is 6. The number of carbonyl (C=O) groups is 5. The van der Waals surface area contributed by atoms with Gasteiger partial charge in [0.2, 0.25) is 0 Å². The van der Waals surface area contributed by atoms with E-state index in [0.29, 0.717) is 51.8 Å². The summed E-state index contributed by atoms with van der Waals surface area (Å²) in [4.78, 5) is 87.0. The number of carbonyl (C=O) groups excluding carboxylic acids is 5. The second kappa shape index (κ2) is 16.9. The van der Waals surface area contributed by atoms with Crippen molar-refractivity contribution < 1.29 is 64.5 Å². The third-order valence-corrected chi connectivity index (χ3v) is 13.7. The van der Waals surface area contributed by atoms with E-state index in [4.69, 9.17) is 24.2 Å². The minimum atomic E-state index is -5.21. The molecule has 8 rings (SSSR count). The van der Waals surface area contributed by atoms with Crippen LogP contribution < -0.4 is 0 Å². The van der Waals surface area contributed by atoms with E-state index in [1.807, 2.05) is 20.8 Å². The zero-order valence-electron chi connectivity index (χ0n) is 38.1. The largest absolute Gasteiger partial charge is 0.469 e. The first kappa shape index (κ1) is 47.4. The second-order valence-corrected chi connectivity index (χ2v) is 17.4. The minimum Gasteiger partial charge on any atom is -0.469 e. The number of aryl methyl sites for hydroxylation is 1. The number of fused-ring (bicyclic) bond motifs is 11. The third-order valence-electron chi connectivity index (χ3n) is 13.7. The number of benzene rings is 1. The number of methoxy groups -OCH3 is 3. The first-order chi connectivity index (χ1) is 32.0. The summed E-state index contributed by atoms with van der Waals surface area (Å²) >= 11 is 0. The number of aromatic amines is 2. The Balaban J connectivity index is 1.48. The van der Waals surface area contributed by atoms with Crippen molar-refractivity contribution in [2.45, 2.75) is 90.0 Å². The van der Waals surface area contributed by atoms with Gasteiger partial charge in [0.1, 0.15) is 5.92 Å². The number of esters is 3. The molecule has 5 aliphatic rings. The number of halogens is 6. The Hall–Kier alpha value is -7.05. The molecule has 1 aliphatic carbocycles. The van der Waals surface area contributed by atoms with E-state index in [1.165, 1.54) is 27.4 Å². The number of hydrogen-bond donors (Lipinski definition) is 2. The molecule has 8 bridgehead atoms. The summed E-state index contributed by atoms with van der Waals surface area (Å²) in [6.45, 7) is 7.99. The number of amides is 2. The molecule has 2 aromatic heterocycles. The van der Waals surface area contributed by atoms with Crippen LogP contribution in [-0.2, 0) is 52.9 Å². The lowest BCUT2D eigenvalue weighted by molar-refractivity contribution is -0.149. The van der Waals surface area contributed by atoms with Gasteiger partial charge in [-0.1, -0.05) is 26.0 Å². The van der Waals surface area contributed by atoms with E-state index >= 15 is 4.79 Å². The molecule has 4 aliphatic heterocycles. The van der Waals surface area contributed by atoms with Gasteiger partial charge < -0.3 is 24.2 Å². The lowest BCUT2D eigenvalue weighted by Crippen LogP contribution is -2.42. The molecule has 0 spiro atoms. The molecular formula is C49H45F6N5O8. The molecule has 0 fully saturated rings. The van der Waals surface area contributed by atoms with Crippen LogP contribution in [0, 0.1) is 12.8 Å². The zero-order valence-corrected chi connectivity index (χ0v) is 38.1. The predicted octanol–water partition coefficient (Wildman–Crippen LogP) is 9.60. The minimum absolute atomic E-state index is 0.000393. The van der Waals surface area contributed by atoms with Gasteiger partial charge in [-0.25, -0.2) is 9.78 Å². The molecule has 0 saturated carbocycles. The van der Waals surface area contributed by atoms with Crippen LogP contribution in [0.25, 0.3) is 27.8 Å². The highest BCUT2D eigenvalue weighted by molar-refractivity contribution is 6.23. The maximum atomic E-state index is 15.1. The van der Waals surface area contributed by atoms with Gasteiger partial charge in [0.15, 0.2) is 0 Å². The van der Waals surface area contributed by atoms with E-state index in [-0.39, 0.29) is 63.6 Å². The van der Waals surface area contributed by atoms with Crippen LogP contribution >= 0.6 is 0 Å². The Labute approximate surface area is 385 Å². The normalized spacial score (nSPS) is 20.7. The van der Waals surface area contributed by atoms with Crippen molar-refractivity contribution in [1.82, 2.24) is 24.8 Å². The van der Waals surface area contributed by atoms with Crippen LogP contribution in [-0.4, -0.2) is 75.9 Å². The Kier molecular flexibility index (Phi) is 11.8. The molecule has 6 heterocycles. The van der Waals surface area contributed by atoms with Crippen molar-refractivity contribution in [3.8, 4) is 0 Å². The number of imide groups is 1. The van der Waals surface area contributed by atoms with Gasteiger partial charge in [-0.05, 0) is 97.9 Å². The molecule has 2 unspecified atom stereocenters. The molecule has 2 amide bonds. The summed E-state index contributed by atoms with van der Waals surface area (Å²) in [7, 11) is 3.60. The fourth-order valence-electron chi connectivity index (χ4n) is 10.1. The van der Waals surface area contributed by atoms with Crippen LogP contribution in [0.1, 0.15) is 136 Å². The summed E-state index contributed by atoms with van der Waals surface area (Å²) in [5, 5.41) is 0. The molecular weight excluding hydrogens is 901 g/mol. The Morgan fingerprint density at radius 2 is 1.47 bits per heavy atom. The molecule has 4 atom stereocenters. The molecule has 1 aromatic carbocycles. The number of hydrogen-bond acceptors (Lipinski definition) is 10.